The van der Waals surface area contributed by atoms with Crippen molar-refractivity contribution in [1.29, 1.82) is 0 Å². The molecule has 2 aromatic carbocycles. The number of carbonyl (C=O) groups excluding carboxylic acids is 1. The fourth-order valence-electron chi connectivity index (χ4n) is 3.44. The van der Waals surface area contributed by atoms with Crippen LogP contribution in [-0.4, -0.2) is 54.3 Å². The van der Waals surface area contributed by atoms with Gasteiger partial charge in [0, 0.05) is 13.1 Å². The molecule has 8 heteroatoms. The van der Waals surface area contributed by atoms with Gasteiger partial charge in [0.05, 0.1) is 24.5 Å². The molecule has 0 aliphatic carbocycles. The number of benzene rings is 2. The Morgan fingerprint density at radius 3 is 2.24 bits per heavy atom. The van der Waals surface area contributed by atoms with E-state index in [0.29, 0.717) is 43.2 Å². The lowest BCUT2D eigenvalue weighted by atomic mass is 10.1. The molecule has 0 spiro atoms. The third-order valence-electron chi connectivity index (χ3n) is 5.10. The molecule has 1 amide bonds. The zero-order valence-electron chi connectivity index (χ0n) is 16.1. The SMILES string of the molecule is O=CN(O)C(CS(=O)(=O)N1CCC(OCc2ccccc2)CC1)c1ccccc1. The van der Waals surface area contributed by atoms with Gasteiger partial charge >= 0.3 is 0 Å². The summed E-state index contributed by atoms with van der Waals surface area (Å²) in [7, 11) is -3.66. The quantitative estimate of drug-likeness (QED) is 0.384. The molecular weight excluding hydrogens is 392 g/mol. The van der Waals surface area contributed by atoms with Crippen LogP contribution >= 0.6 is 0 Å². The zero-order valence-corrected chi connectivity index (χ0v) is 16.9. The highest BCUT2D eigenvalue weighted by atomic mass is 32.2. The van der Waals surface area contributed by atoms with E-state index >= 15 is 0 Å². The van der Waals surface area contributed by atoms with E-state index < -0.39 is 16.1 Å². The van der Waals surface area contributed by atoms with Crippen LogP contribution in [0.3, 0.4) is 0 Å². The summed E-state index contributed by atoms with van der Waals surface area (Å²) in [6.45, 7) is 1.22. The lowest BCUT2D eigenvalue weighted by Gasteiger charge is -2.33. The van der Waals surface area contributed by atoms with Gasteiger partial charge in [0.1, 0.15) is 0 Å². The number of amides is 1. The van der Waals surface area contributed by atoms with Crippen molar-refractivity contribution in [2.75, 3.05) is 18.8 Å². The number of nitrogens with zero attached hydrogens (tertiary/aromatic N) is 2. The maximum Gasteiger partial charge on any atom is 0.233 e. The highest BCUT2D eigenvalue weighted by molar-refractivity contribution is 7.89. The Hall–Kier alpha value is -2.26. The van der Waals surface area contributed by atoms with Crippen molar-refractivity contribution >= 4 is 16.4 Å². The highest BCUT2D eigenvalue weighted by Crippen LogP contribution is 2.24. The molecule has 1 unspecified atom stereocenters. The Morgan fingerprint density at radius 2 is 1.66 bits per heavy atom. The monoisotopic (exact) mass is 418 g/mol. The van der Waals surface area contributed by atoms with Crippen LogP contribution in [0.1, 0.15) is 30.0 Å². The second kappa shape index (κ2) is 9.98. The van der Waals surface area contributed by atoms with Gasteiger partial charge in [-0.15, -0.1) is 0 Å². The lowest BCUT2D eigenvalue weighted by molar-refractivity contribution is -0.159. The Morgan fingerprint density at radius 1 is 1.07 bits per heavy atom. The van der Waals surface area contributed by atoms with Crippen LogP contribution in [0.5, 0.6) is 0 Å². The first-order valence-electron chi connectivity index (χ1n) is 9.60. The fourth-order valence-corrected chi connectivity index (χ4v) is 5.17. The molecule has 7 nitrogen and oxygen atoms in total. The van der Waals surface area contributed by atoms with Crippen LogP contribution in [0, 0.1) is 0 Å². The number of rotatable bonds is 9. The normalized spacial score (nSPS) is 17.0. The summed E-state index contributed by atoms with van der Waals surface area (Å²) in [6, 6.07) is 17.6. The van der Waals surface area contributed by atoms with Gasteiger partial charge in [0.2, 0.25) is 16.4 Å². The van der Waals surface area contributed by atoms with Gasteiger partial charge < -0.3 is 4.74 Å². The standard InChI is InChI=1S/C21H26N2O5S/c24-17-23(25)21(19-9-5-2-6-10-19)16-29(26,27)22-13-11-20(12-14-22)28-15-18-7-3-1-4-8-18/h1-10,17,20-21,25H,11-16H2. The van der Waals surface area contributed by atoms with Crippen molar-refractivity contribution in [3.63, 3.8) is 0 Å². The van der Waals surface area contributed by atoms with Crippen molar-refractivity contribution in [3.05, 3.63) is 71.8 Å². The molecule has 2 aromatic rings. The predicted octanol–water partition coefficient (Wildman–Crippen LogP) is 2.59. The van der Waals surface area contributed by atoms with Crippen molar-refractivity contribution in [2.24, 2.45) is 0 Å². The van der Waals surface area contributed by atoms with E-state index in [9.17, 15) is 18.4 Å². The number of hydrogen-bond acceptors (Lipinski definition) is 5. The maximum absolute atomic E-state index is 12.9. The molecule has 0 aromatic heterocycles. The third-order valence-corrected chi connectivity index (χ3v) is 6.99. The average molecular weight is 419 g/mol. The molecule has 0 bridgehead atoms. The molecule has 1 saturated heterocycles. The molecular formula is C21H26N2O5S. The minimum atomic E-state index is -3.66. The topological polar surface area (TPSA) is 87.2 Å². The molecule has 29 heavy (non-hydrogen) atoms. The van der Waals surface area contributed by atoms with Gasteiger partial charge in [-0.1, -0.05) is 60.7 Å². The van der Waals surface area contributed by atoms with E-state index in [1.807, 2.05) is 30.3 Å². The van der Waals surface area contributed by atoms with Crippen molar-refractivity contribution in [1.82, 2.24) is 9.37 Å². The van der Waals surface area contributed by atoms with Gasteiger partial charge in [-0.2, -0.15) is 0 Å². The van der Waals surface area contributed by atoms with Crippen LogP contribution in [0.25, 0.3) is 0 Å². The van der Waals surface area contributed by atoms with Crippen LogP contribution in [-0.2, 0) is 26.2 Å². The van der Waals surface area contributed by atoms with Gasteiger partial charge in [-0.05, 0) is 24.0 Å². The summed E-state index contributed by atoms with van der Waals surface area (Å²) in [5, 5.41) is 10.3. The molecule has 1 heterocycles. The average Bonchev–Trinajstić information content (AvgIpc) is 2.77. The molecule has 0 saturated carbocycles. The summed E-state index contributed by atoms with van der Waals surface area (Å²) in [5.74, 6) is -0.373. The summed E-state index contributed by atoms with van der Waals surface area (Å²) in [4.78, 5) is 11.1. The van der Waals surface area contributed by atoms with E-state index in [-0.39, 0.29) is 18.3 Å². The maximum atomic E-state index is 12.9. The fraction of sp³-hybridized carbons (Fsp3) is 0.381. The Bertz CT molecular complexity index is 868. The van der Waals surface area contributed by atoms with Gasteiger partial charge in [0.25, 0.3) is 0 Å². The molecule has 156 valence electrons. The first kappa shape index (κ1) is 21.4. The molecule has 3 rings (SSSR count). The first-order valence-corrected chi connectivity index (χ1v) is 11.2. The summed E-state index contributed by atoms with van der Waals surface area (Å²) in [5.41, 5.74) is 1.65. The number of hydrogen-bond donors (Lipinski definition) is 1. The molecule has 1 aliphatic heterocycles. The van der Waals surface area contributed by atoms with E-state index in [0.717, 1.165) is 5.56 Å². The molecule has 0 radical (unpaired) electrons. The second-order valence-electron chi connectivity index (χ2n) is 7.09. The number of carbonyl (C=O) groups is 1. The van der Waals surface area contributed by atoms with E-state index in [4.69, 9.17) is 4.74 Å². The summed E-state index contributed by atoms with van der Waals surface area (Å²) < 4.78 is 33.2. The van der Waals surface area contributed by atoms with E-state index in [1.54, 1.807) is 30.3 Å². The third kappa shape index (κ3) is 5.86. The zero-order chi connectivity index (χ0) is 20.7. The van der Waals surface area contributed by atoms with E-state index in [1.165, 1.54) is 4.31 Å². The summed E-state index contributed by atoms with van der Waals surface area (Å²) >= 11 is 0. The lowest BCUT2D eigenvalue weighted by Crippen LogP contribution is -2.44. The number of sulfonamides is 1. The molecule has 1 aliphatic rings. The van der Waals surface area contributed by atoms with Crippen molar-refractivity contribution in [3.8, 4) is 0 Å². The minimum Gasteiger partial charge on any atom is -0.373 e. The largest absolute Gasteiger partial charge is 0.373 e. The Labute approximate surface area is 171 Å². The first-order chi connectivity index (χ1) is 14.0. The van der Waals surface area contributed by atoms with Gasteiger partial charge in [-0.25, -0.2) is 17.8 Å². The second-order valence-corrected chi connectivity index (χ2v) is 9.10. The van der Waals surface area contributed by atoms with Crippen LogP contribution in [0.15, 0.2) is 60.7 Å². The van der Waals surface area contributed by atoms with E-state index in [2.05, 4.69) is 0 Å². The van der Waals surface area contributed by atoms with Crippen LogP contribution in [0.4, 0.5) is 0 Å². The van der Waals surface area contributed by atoms with Crippen molar-refractivity contribution in [2.45, 2.75) is 31.6 Å². The number of hydroxylamine groups is 2. The predicted molar refractivity (Wildman–Crippen MR) is 108 cm³/mol. The smallest absolute Gasteiger partial charge is 0.233 e. The minimum absolute atomic E-state index is 0.0101. The summed E-state index contributed by atoms with van der Waals surface area (Å²) in [6.07, 6.45) is 1.46. The number of ether oxygens (including phenoxy) is 1. The van der Waals surface area contributed by atoms with Crippen molar-refractivity contribution < 1.29 is 23.2 Å². The van der Waals surface area contributed by atoms with Crippen LogP contribution < -0.4 is 0 Å². The highest BCUT2D eigenvalue weighted by Gasteiger charge is 2.33. The van der Waals surface area contributed by atoms with Crippen LogP contribution in [0.2, 0.25) is 0 Å². The van der Waals surface area contributed by atoms with Gasteiger partial charge in [-0.3, -0.25) is 10.0 Å². The Kier molecular flexibility index (Phi) is 7.38. The molecule has 1 atom stereocenters. The molecule has 1 N–H and O–H groups in total. The molecule has 1 fully saturated rings. The van der Waals surface area contributed by atoms with Gasteiger partial charge in [0.15, 0.2) is 0 Å². The Balaban J connectivity index is 1.57. The number of piperidine rings is 1.